The van der Waals surface area contributed by atoms with Crippen LogP contribution in [0.4, 0.5) is 0 Å². The summed E-state index contributed by atoms with van der Waals surface area (Å²) in [5.74, 6) is -0.105. The molecule has 0 radical (unpaired) electrons. The van der Waals surface area contributed by atoms with Gasteiger partial charge < -0.3 is 15.7 Å². The predicted molar refractivity (Wildman–Crippen MR) is 138 cm³/mol. The first-order valence-corrected chi connectivity index (χ1v) is 14.3. The molecule has 0 aromatic heterocycles. The van der Waals surface area contributed by atoms with Crippen molar-refractivity contribution < 1.29 is 18.3 Å². The average molecular weight is 549 g/mol. The molecule has 1 amide bonds. The van der Waals surface area contributed by atoms with E-state index in [0.29, 0.717) is 32.0 Å². The molecule has 190 valence electrons. The van der Waals surface area contributed by atoms with Gasteiger partial charge in [0.2, 0.25) is 15.9 Å². The zero-order valence-corrected chi connectivity index (χ0v) is 22.9. The van der Waals surface area contributed by atoms with Crippen LogP contribution in [0, 0.1) is 5.92 Å². The molecule has 33 heavy (non-hydrogen) atoms. The Bertz CT molecular complexity index is 814. The highest BCUT2D eigenvalue weighted by atomic mass is 79.9. The normalized spacial score (nSPS) is 14.0. The van der Waals surface area contributed by atoms with E-state index in [1.807, 2.05) is 38.1 Å². The van der Waals surface area contributed by atoms with Crippen LogP contribution in [-0.4, -0.2) is 72.7 Å². The van der Waals surface area contributed by atoms with Gasteiger partial charge in [-0.15, -0.1) is 0 Å². The second-order valence-electron chi connectivity index (χ2n) is 9.05. The minimum absolute atomic E-state index is 0.0917. The highest BCUT2D eigenvalue weighted by molar-refractivity contribution is 9.10. The Kier molecular flexibility index (Phi) is 13.7. The molecule has 0 aliphatic heterocycles. The third-order valence-electron chi connectivity index (χ3n) is 5.50. The molecule has 0 bridgehead atoms. The lowest BCUT2D eigenvalue weighted by molar-refractivity contribution is -0.132. The lowest BCUT2D eigenvalue weighted by atomic mass is 10.0. The summed E-state index contributed by atoms with van der Waals surface area (Å²) in [6.45, 7) is 9.49. The van der Waals surface area contributed by atoms with Crippen molar-refractivity contribution in [3.8, 4) is 0 Å². The Morgan fingerprint density at radius 3 is 2.33 bits per heavy atom. The summed E-state index contributed by atoms with van der Waals surface area (Å²) in [6.07, 6.45) is 1.70. The van der Waals surface area contributed by atoms with Gasteiger partial charge in [-0.25, -0.2) is 12.7 Å². The van der Waals surface area contributed by atoms with E-state index in [2.05, 4.69) is 29.8 Å². The van der Waals surface area contributed by atoms with Gasteiger partial charge in [-0.3, -0.25) is 4.79 Å². The van der Waals surface area contributed by atoms with Gasteiger partial charge >= 0.3 is 0 Å². The van der Waals surface area contributed by atoms with Crippen LogP contribution in [0.2, 0.25) is 0 Å². The summed E-state index contributed by atoms with van der Waals surface area (Å²) >= 11 is 3.44. The van der Waals surface area contributed by atoms with E-state index in [0.717, 1.165) is 29.3 Å². The number of halogens is 1. The zero-order chi connectivity index (χ0) is 25.0. The van der Waals surface area contributed by atoms with Gasteiger partial charge in [0, 0.05) is 43.1 Å². The third-order valence-corrected chi connectivity index (χ3v) is 7.87. The van der Waals surface area contributed by atoms with Crippen LogP contribution in [0.25, 0.3) is 0 Å². The summed E-state index contributed by atoms with van der Waals surface area (Å²) in [5, 5.41) is 10.7. The van der Waals surface area contributed by atoms with Crippen LogP contribution >= 0.6 is 15.9 Å². The lowest BCUT2D eigenvalue weighted by Gasteiger charge is -2.29. The smallest absolute Gasteiger partial charge is 0.223 e. The maximum absolute atomic E-state index is 13.0. The number of carbonyl (C=O) groups is 1. The molecular weight excluding hydrogens is 506 g/mol. The number of nitrogens with zero attached hydrogens (tertiary/aromatic N) is 2. The number of aliphatic hydroxyl groups excluding tert-OH is 1. The molecule has 7 nitrogen and oxygen atoms in total. The number of hydrogen-bond donors (Lipinski definition) is 2. The molecule has 0 fully saturated rings. The summed E-state index contributed by atoms with van der Waals surface area (Å²) in [4.78, 5) is 14.6. The van der Waals surface area contributed by atoms with Crippen LogP contribution in [0.3, 0.4) is 0 Å². The van der Waals surface area contributed by atoms with Crippen LogP contribution in [0.5, 0.6) is 0 Å². The number of nitrogens with two attached hydrogens (primary N) is 1. The maximum atomic E-state index is 13.0. The molecule has 0 saturated heterocycles. The number of aliphatic hydroxyl groups is 1. The Morgan fingerprint density at radius 1 is 1.15 bits per heavy atom. The van der Waals surface area contributed by atoms with Crippen molar-refractivity contribution in [1.82, 2.24) is 9.21 Å². The van der Waals surface area contributed by atoms with Crippen LogP contribution < -0.4 is 5.73 Å². The van der Waals surface area contributed by atoms with Crippen LogP contribution in [-0.2, 0) is 21.2 Å². The molecule has 0 aliphatic carbocycles. The van der Waals surface area contributed by atoms with E-state index >= 15 is 0 Å². The van der Waals surface area contributed by atoms with Crippen molar-refractivity contribution in [2.24, 2.45) is 11.7 Å². The first kappa shape index (κ1) is 30.0. The van der Waals surface area contributed by atoms with E-state index in [1.54, 1.807) is 4.90 Å². The number of benzene rings is 1. The van der Waals surface area contributed by atoms with Gasteiger partial charge in [-0.2, -0.15) is 0 Å². The van der Waals surface area contributed by atoms with Gasteiger partial charge in [-0.1, -0.05) is 55.8 Å². The van der Waals surface area contributed by atoms with Crippen molar-refractivity contribution in [3.63, 3.8) is 0 Å². The van der Waals surface area contributed by atoms with Gasteiger partial charge in [0.25, 0.3) is 0 Å². The molecule has 2 atom stereocenters. The van der Waals surface area contributed by atoms with Crippen molar-refractivity contribution in [1.29, 1.82) is 0 Å². The summed E-state index contributed by atoms with van der Waals surface area (Å²) in [6, 6.07) is 7.20. The van der Waals surface area contributed by atoms with Crippen molar-refractivity contribution >= 4 is 31.9 Å². The molecule has 0 heterocycles. The second kappa shape index (κ2) is 15.1. The molecular formula is C24H42BrN3O4S. The minimum Gasteiger partial charge on any atom is -0.390 e. The predicted octanol–water partition coefficient (Wildman–Crippen LogP) is 3.40. The number of sulfonamides is 1. The van der Waals surface area contributed by atoms with E-state index in [4.69, 9.17) is 5.73 Å². The van der Waals surface area contributed by atoms with Gasteiger partial charge in [0.15, 0.2) is 0 Å². The molecule has 0 saturated carbocycles. The molecule has 9 heteroatoms. The number of carbonyl (C=O) groups excluding carboxylic acids is 1. The van der Waals surface area contributed by atoms with Crippen LogP contribution in [0.1, 0.15) is 58.9 Å². The SMILES string of the molecule is CCCN(CCC)S(=O)(=O)CCC(=O)N(CCC(C)C)C[C@@H](O)[C@@H](N)Cc1cccc(Br)c1. The van der Waals surface area contributed by atoms with Gasteiger partial charge in [0.05, 0.1) is 11.9 Å². The number of rotatable bonds is 16. The second-order valence-corrected chi connectivity index (χ2v) is 12.1. The molecule has 1 aromatic rings. The molecule has 0 spiro atoms. The fraction of sp³-hybridized carbons (Fsp3) is 0.708. The van der Waals surface area contributed by atoms with E-state index in [1.165, 1.54) is 4.31 Å². The quantitative estimate of drug-likeness (QED) is 0.330. The summed E-state index contributed by atoms with van der Waals surface area (Å²) in [7, 11) is -3.50. The largest absolute Gasteiger partial charge is 0.390 e. The standard InChI is InChI=1S/C24H42BrN3O4S/c1-5-12-28(13-6-2)33(31,32)15-11-24(30)27(14-10-19(3)4)18-23(29)22(26)17-20-8-7-9-21(25)16-20/h7-9,16,19,22-23,29H,5-6,10-15,17-18,26H2,1-4H3/t22-,23+/m0/s1. The molecule has 0 unspecified atom stereocenters. The van der Waals surface area contributed by atoms with E-state index < -0.39 is 22.2 Å². The van der Waals surface area contributed by atoms with Gasteiger partial charge in [0.1, 0.15) is 0 Å². The topological polar surface area (TPSA) is 104 Å². The molecule has 0 aliphatic rings. The monoisotopic (exact) mass is 547 g/mol. The highest BCUT2D eigenvalue weighted by Gasteiger charge is 2.26. The fourth-order valence-corrected chi connectivity index (χ4v) is 5.62. The Morgan fingerprint density at radius 2 is 1.79 bits per heavy atom. The van der Waals surface area contributed by atoms with Crippen LogP contribution in [0.15, 0.2) is 28.7 Å². The minimum atomic E-state index is -3.50. The Hall–Kier alpha value is -1.00. The van der Waals surface area contributed by atoms with E-state index in [-0.39, 0.29) is 24.6 Å². The van der Waals surface area contributed by atoms with Crippen molar-refractivity contribution in [3.05, 3.63) is 34.3 Å². The number of amides is 1. The first-order valence-electron chi connectivity index (χ1n) is 11.9. The van der Waals surface area contributed by atoms with Crippen molar-refractivity contribution in [2.45, 2.75) is 71.9 Å². The van der Waals surface area contributed by atoms with E-state index in [9.17, 15) is 18.3 Å². The fourth-order valence-electron chi connectivity index (χ4n) is 3.56. The first-order chi connectivity index (χ1) is 15.5. The maximum Gasteiger partial charge on any atom is 0.223 e. The summed E-state index contributed by atoms with van der Waals surface area (Å²) < 4.78 is 27.9. The number of hydrogen-bond acceptors (Lipinski definition) is 5. The van der Waals surface area contributed by atoms with Crippen molar-refractivity contribution in [2.75, 3.05) is 31.9 Å². The average Bonchev–Trinajstić information content (AvgIpc) is 2.74. The zero-order valence-electron chi connectivity index (χ0n) is 20.5. The Labute approximate surface area is 208 Å². The molecule has 1 aromatic carbocycles. The Balaban J connectivity index is 2.81. The van der Waals surface area contributed by atoms with Gasteiger partial charge in [-0.05, 0) is 49.3 Å². The third kappa shape index (κ3) is 11.3. The summed E-state index contributed by atoms with van der Waals surface area (Å²) in [5.41, 5.74) is 7.24. The molecule has 3 N–H and O–H groups in total. The molecule has 1 rings (SSSR count). The highest BCUT2D eigenvalue weighted by Crippen LogP contribution is 2.15. The lowest BCUT2D eigenvalue weighted by Crippen LogP contribution is -2.47.